The first-order chi connectivity index (χ1) is 6.66. The van der Waals surface area contributed by atoms with Crippen LogP contribution in [0.25, 0.3) is 0 Å². The molecule has 1 unspecified atom stereocenters. The van der Waals surface area contributed by atoms with Crippen LogP contribution in [0.1, 0.15) is 11.6 Å². The molecular weight excluding hydrogens is 239 g/mol. The molecule has 0 bridgehead atoms. The van der Waals surface area contributed by atoms with Crippen LogP contribution in [0.15, 0.2) is 23.2 Å². The van der Waals surface area contributed by atoms with E-state index in [0.29, 0.717) is 15.2 Å². The average molecular weight is 247 g/mol. The van der Waals surface area contributed by atoms with Crippen molar-refractivity contribution in [3.05, 3.63) is 33.8 Å². The summed E-state index contributed by atoms with van der Waals surface area (Å²) in [5.74, 6) is 0.854. The average Bonchev–Trinajstić information content (AvgIpc) is 2.51. The van der Waals surface area contributed by atoms with Crippen LogP contribution in [0, 0.1) is 0 Å². The van der Waals surface area contributed by atoms with Crippen LogP contribution >= 0.6 is 35.0 Å². The van der Waals surface area contributed by atoms with E-state index in [4.69, 9.17) is 28.9 Å². The molecule has 0 aliphatic carbocycles. The zero-order chi connectivity index (χ0) is 10.1. The molecule has 2 N–H and O–H groups in total. The molecular formula is C9H8Cl2N2S. The van der Waals surface area contributed by atoms with Gasteiger partial charge in [0.05, 0.1) is 6.04 Å². The van der Waals surface area contributed by atoms with Crippen LogP contribution in [-0.2, 0) is 0 Å². The lowest BCUT2D eigenvalue weighted by atomic mass is 10.1. The van der Waals surface area contributed by atoms with Crippen molar-refractivity contribution < 1.29 is 0 Å². The maximum Gasteiger partial charge on any atom is 0.154 e. The van der Waals surface area contributed by atoms with E-state index in [1.54, 1.807) is 17.8 Å². The highest BCUT2D eigenvalue weighted by molar-refractivity contribution is 8.14. The third kappa shape index (κ3) is 2.00. The van der Waals surface area contributed by atoms with Crippen LogP contribution in [0.4, 0.5) is 0 Å². The molecule has 0 saturated carbocycles. The fourth-order valence-electron chi connectivity index (χ4n) is 1.32. The van der Waals surface area contributed by atoms with E-state index < -0.39 is 0 Å². The monoisotopic (exact) mass is 246 g/mol. The second kappa shape index (κ2) is 4.01. The fraction of sp³-hybridized carbons (Fsp3) is 0.222. The second-order valence-electron chi connectivity index (χ2n) is 2.96. The smallest absolute Gasteiger partial charge is 0.154 e. The normalized spacial score (nSPS) is 21.0. The molecule has 14 heavy (non-hydrogen) atoms. The van der Waals surface area contributed by atoms with Gasteiger partial charge < -0.3 is 5.73 Å². The summed E-state index contributed by atoms with van der Waals surface area (Å²) in [6.07, 6.45) is 0. The number of aliphatic imine (C=N–C) groups is 1. The number of nitrogens with two attached hydrogens (primary N) is 1. The maximum atomic E-state index is 6.05. The molecule has 1 heterocycles. The van der Waals surface area contributed by atoms with E-state index in [2.05, 4.69) is 4.99 Å². The summed E-state index contributed by atoms with van der Waals surface area (Å²) in [6.45, 7) is 0. The fourth-order valence-corrected chi connectivity index (χ4v) is 2.64. The predicted molar refractivity (Wildman–Crippen MR) is 63.3 cm³/mol. The molecule has 0 amide bonds. The first-order valence-electron chi connectivity index (χ1n) is 4.08. The summed E-state index contributed by atoms with van der Waals surface area (Å²) in [6, 6.07) is 5.52. The zero-order valence-corrected chi connectivity index (χ0v) is 9.53. The van der Waals surface area contributed by atoms with Crippen LogP contribution in [0.5, 0.6) is 0 Å². The number of thioether (sulfide) groups is 1. The molecule has 2 nitrogen and oxygen atoms in total. The first-order valence-corrected chi connectivity index (χ1v) is 5.82. The van der Waals surface area contributed by atoms with Gasteiger partial charge in [0.2, 0.25) is 0 Å². The number of hydrogen-bond acceptors (Lipinski definition) is 3. The summed E-state index contributed by atoms with van der Waals surface area (Å²) >= 11 is 13.4. The number of benzene rings is 1. The maximum absolute atomic E-state index is 6.05. The number of rotatable bonds is 1. The van der Waals surface area contributed by atoms with Gasteiger partial charge in [-0.2, -0.15) is 0 Å². The third-order valence-electron chi connectivity index (χ3n) is 1.99. The highest BCUT2D eigenvalue weighted by Crippen LogP contribution is 2.34. The van der Waals surface area contributed by atoms with Crippen molar-refractivity contribution in [1.29, 1.82) is 0 Å². The Morgan fingerprint density at radius 3 is 2.79 bits per heavy atom. The summed E-state index contributed by atoms with van der Waals surface area (Å²) in [4.78, 5) is 4.28. The van der Waals surface area contributed by atoms with Crippen LogP contribution in [-0.4, -0.2) is 10.9 Å². The van der Waals surface area contributed by atoms with Crippen molar-refractivity contribution >= 4 is 40.1 Å². The molecule has 5 heteroatoms. The van der Waals surface area contributed by atoms with Gasteiger partial charge in [-0.05, 0) is 17.7 Å². The van der Waals surface area contributed by atoms with Gasteiger partial charge in [-0.1, -0.05) is 41.0 Å². The van der Waals surface area contributed by atoms with Crippen molar-refractivity contribution in [3.8, 4) is 0 Å². The van der Waals surface area contributed by atoms with Crippen molar-refractivity contribution in [1.82, 2.24) is 0 Å². The van der Waals surface area contributed by atoms with E-state index in [1.807, 2.05) is 12.1 Å². The Balaban J connectivity index is 2.33. The van der Waals surface area contributed by atoms with Crippen LogP contribution in [0.3, 0.4) is 0 Å². The molecule has 1 aromatic carbocycles. The Morgan fingerprint density at radius 2 is 2.21 bits per heavy atom. The minimum atomic E-state index is 0.0739. The summed E-state index contributed by atoms with van der Waals surface area (Å²) in [7, 11) is 0. The number of hydrogen-bond donors (Lipinski definition) is 1. The van der Waals surface area contributed by atoms with Crippen molar-refractivity contribution in [3.63, 3.8) is 0 Å². The molecule has 0 saturated heterocycles. The lowest BCUT2D eigenvalue weighted by molar-refractivity contribution is 0.849. The minimum Gasteiger partial charge on any atom is -0.379 e. The van der Waals surface area contributed by atoms with Crippen LogP contribution < -0.4 is 5.73 Å². The van der Waals surface area contributed by atoms with Gasteiger partial charge in [-0.3, -0.25) is 4.99 Å². The molecule has 1 atom stereocenters. The largest absolute Gasteiger partial charge is 0.379 e. The van der Waals surface area contributed by atoms with E-state index in [0.717, 1.165) is 11.3 Å². The van der Waals surface area contributed by atoms with Crippen molar-refractivity contribution in [2.75, 3.05) is 5.75 Å². The van der Waals surface area contributed by atoms with Gasteiger partial charge >= 0.3 is 0 Å². The van der Waals surface area contributed by atoms with Crippen LogP contribution in [0.2, 0.25) is 10.0 Å². The lowest BCUT2D eigenvalue weighted by Gasteiger charge is -2.08. The van der Waals surface area contributed by atoms with Crippen molar-refractivity contribution in [2.45, 2.75) is 6.04 Å². The first kappa shape index (κ1) is 10.1. The number of amidine groups is 1. The second-order valence-corrected chi connectivity index (χ2v) is 4.84. The Labute approximate surface area is 96.5 Å². The topological polar surface area (TPSA) is 38.4 Å². The van der Waals surface area contributed by atoms with E-state index in [1.165, 1.54) is 0 Å². The number of nitrogens with zero attached hydrogens (tertiary/aromatic N) is 1. The molecule has 0 aromatic heterocycles. The van der Waals surface area contributed by atoms with Gasteiger partial charge in [-0.25, -0.2) is 0 Å². The Hall–Kier alpha value is -0.380. The standard InChI is InChI=1S/C9H8Cl2N2S/c10-5-1-2-6(7(11)3-5)8-4-14-9(12)13-8/h1-3,8H,4H2,(H2,12,13). The highest BCUT2D eigenvalue weighted by Gasteiger charge is 2.20. The van der Waals surface area contributed by atoms with Gasteiger partial charge in [0.1, 0.15) is 0 Å². The van der Waals surface area contributed by atoms with E-state index in [-0.39, 0.29) is 6.04 Å². The zero-order valence-electron chi connectivity index (χ0n) is 7.21. The molecule has 0 fully saturated rings. The Bertz CT molecular complexity index is 392. The molecule has 0 radical (unpaired) electrons. The Morgan fingerprint density at radius 1 is 1.43 bits per heavy atom. The minimum absolute atomic E-state index is 0.0739. The summed E-state index contributed by atoms with van der Waals surface area (Å²) < 4.78 is 0. The van der Waals surface area contributed by atoms with Gasteiger partial charge in [0.15, 0.2) is 5.17 Å². The van der Waals surface area contributed by atoms with Gasteiger partial charge in [-0.15, -0.1) is 0 Å². The quantitative estimate of drug-likeness (QED) is 0.828. The summed E-state index contributed by atoms with van der Waals surface area (Å²) in [5.41, 5.74) is 6.58. The number of halogens is 2. The molecule has 0 spiro atoms. The molecule has 2 rings (SSSR count). The molecule has 1 aliphatic rings. The lowest BCUT2D eigenvalue weighted by Crippen LogP contribution is -2.01. The Kier molecular flexibility index (Phi) is 2.91. The molecule has 74 valence electrons. The molecule has 1 aliphatic heterocycles. The summed E-state index contributed by atoms with van der Waals surface area (Å²) in [5, 5.41) is 1.92. The highest BCUT2D eigenvalue weighted by atomic mass is 35.5. The van der Waals surface area contributed by atoms with Gasteiger partial charge in [0.25, 0.3) is 0 Å². The predicted octanol–water partition coefficient (Wildman–Crippen LogP) is 3.10. The van der Waals surface area contributed by atoms with E-state index in [9.17, 15) is 0 Å². The SMILES string of the molecule is NC1=NC(c2ccc(Cl)cc2Cl)CS1. The van der Waals surface area contributed by atoms with Gasteiger partial charge in [0, 0.05) is 15.8 Å². The van der Waals surface area contributed by atoms with E-state index >= 15 is 0 Å². The molecule has 1 aromatic rings. The van der Waals surface area contributed by atoms with Crippen molar-refractivity contribution in [2.24, 2.45) is 10.7 Å². The third-order valence-corrected chi connectivity index (χ3v) is 3.44.